The molecular weight excluding hydrogens is 144 g/mol. The van der Waals surface area contributed by atoms with Gasteiger partial charge in [-0.3, -0.25) is 9.69 Å². The van der Waals surface area contributed by atoms with E-state index in [0.717, 1.165) is 6.54 Å². The number of carboxylic acid groups (broad SMARTS) is 1. The molecule has 0 aliphatic carbocycles. The van der Waals surface area contributed by atoms with Crippen LogP contribution in [0.4, 0.5) is 0 Å². The van der Waals surface area contributed by atoms with Gasteiger partial charge in [0, 0.05) is 19.1 Å². The summed E-state index contributed by atoms with van der Waals surface area (Å²) in [7, 11) is 1.85. The van der Waals surface area contributed by atoms with Gasteiger partial charge in [0.15, 0.2) is 0 Å². The van der Waals surface area contributed by atoms with Crippen molar-refractivity contribution in [2.75, 3.05) is 20.1 Å². The van der Waals surface area contributed by atoms with Crippen LogP contribution in [0.3, 0.4) is 0 Å². The summed E-state index contributed by atoms with van der Waals surface area (Å²) in [6.45, 7) is 3.44. The third-order valence-electron chi connectivity index (χ3n) is 2.25. The maximum Gasteiger partial charge on any atom is 0.322 e. The van der Waals surface area contributed by atoms with Crippen LogP contribution in [0.2, 0.25) is 0 Å². The van der Waals surface area contributed by atoms with Gasteiger partial charge in [-0.2, -0.15) is 0 Å². The van der Waals surface area contributed by atoms with Crippen LogP contribution in [0, 0.1) is 0 Å². The Hall–Kier alpha value is -0.610. The van der Waals surface area contributed by atoms with E-state index in [1.165, 1.54) is 0 Å². The van der Waals surface area contributed by atoms with Crippen LogP contribution in [0.25, 0.3) is 0 Å². The number of carboxylic acids is 1. The largest absolute Gasteiger partial charge is 0.480 e. The van der Waals surface area contributed by atoms with Gasteiger partial charge >= 0.3 is 5.97 Å². The fourth-order valence-corrected chi connectivity index (χ4v) is 1.29. The molecule has 1 heterocycles. The summed E-state index contributed by atoms with van der Waals surface area (Å²) in [6.07, 6.45) is 0. The lowest BCUT2D eigenvalue weighted by atomic mass is 10.1. The Bertz CT molecular complexity index is 161. The zero-order valence-electron chi connectivity index (χ0n) is 6.87. The van der Waals surface area contributed by atoms with E-state index in [1.807, 2.05) is 18.9 Å². The quantitative estimate of drug-likeness (QED) is 0.533. The maximum absolute atomic E-state index is 10.6. The van der Waals surface area contributed by atoms with E-state index < -0.39 is 5.97 Å². The van der Waals surface area contributed by atoms with Crippen LogP contribution in [-0.2, 0) is 4.79 Å². The number of piperazine rings is 1. The van der Waals surface area contributed by atoms with E-state index in [0.29, 0.717) is 12.6 Å². The first-order valence-corrected chi connectivity index (χ1v) is 3.78. The van der Waals surface area contributed by atoms with Crippen molar-refractivity contribution in [2.24, 2.45) is 0 Å². The zero-order valence-corrected chi connectivity index (χ0v) is 6.87. The lowest BCUT2D eigenvalue weighted by Gasteiger charge is -2.35. The van der Waals surface area contributed by atoms with Crippen molar-refractivity contribution in [1.82, 2.24) is 10.2 Å². The van der Waals surface area contributed by atoms with Crippen LogP contribution < -0.4 is 5.32 Å². The predicted octanol–water partition coefficient (Wildman–Crippen LogP) is -0.637. The molecule has 0 radical (unpaired) electrons. The molecule has 2 atom stereocenters. The van der Waals surface area contributed by atoms with Gasteiger partial charge in [-0.25, -0.2) is 0 Å². The summed E-state index contributed by atoms with van der Waals surface area (Å²) in [6, 6.07) is -0.0522. The highest BCUT2D eigenvalue weighted by molar-refractivity contribution is 5.73. The Labute approximate surface area is 66.2 Å². The first kappa shape index (κ1) is 8.49. The van der Waals surface area contributed by atoms with Crippen molar-refractivity contribution < 1.29 is 9.90 Å². The molecule has 1 rings (SSSR count). The fourth-order valence-electron chi connectivity index (χ4n) is 1.29. The summed E-state index contributed by atoms with van der Waals surface area (Å²) >= 11 is 0. The normalized spacial score (nSPS) is 33.6. The molecular formula is C7H14N2O2. The standard InChI is InChI=1S/C7H14N2O2/c1-5-3-8-4-6(7(10)11)9(5)2/h5-6,8H,3-4H2,1-2H3,(H,10,11). The molecule has 4 nitrogen and oxygen atoms in total. The predicted molar refractivity (Wildman–Crippen MR) is 41.5 cm³/mol. The van der Waals surface area contributed by atoms with Gasteiger partial charge in [0.2, 0.25) is 0 Å². The molecule has 0 aromatic heterocycles. The molecule has 0 bridgehead atoms. The van der Waals surface area contributed by atoms with Gasteiger partial charge < -0.3 is 10.4 Å². The highest BCUT2D eigenvalue weighted by atomic mass is 16.4. The van der Waals surface area contributed by atoms with Crippen molar-refractivity contribution in [2.45, 2.75) is 19.0 Å². The van der Waals surface area contributed by atoms with E-state index in [9.17, 15) is 4.79 Å². The molecule has 1 fully saturated rings. The number of aliphatic carboxylic acids is 1. The minimum absolute atomic E-state index is 0.310. The molecule has 0 aromatic rings. The summed E-state index contributed by atoms with van der Waals surface area (Å²) < 4.78 is 0. The number of rotatable bonds is 1. The van der Waals surface area contributed by atoms with Gasteiger partial charge in [0.25, 0.3) is 0 Å². The second-order valence-corrected chi connectivity index (χ2v) is 3.03. The Morgan fingerprint density at radius 1 is 1.64 bits per heavy atom. The van der Waals surface area contributed by atoms with Crippen LogP contribution in [-0.4, -0.2) is 48.2 Å². The van der Waals surface area contributed by atoms with Gasteiger partial charge in [-0.05, 0) is 14.0 Å². The van der Waals surface area contributed by atoms with Crippen LogP contribution in [0.5, 0.6) is 0 Å². The molecule has 11 heavy (non-hydrogen) atoms. The average molecular weight is 158 g/mol. The zero-order chi connectivity index (χ0) is 8.43. The third-order valence-corrected chi connectivity index (χ3v) is 2.25. The van der Waals surface area contributed by atoms with E-state index in [4.69, 9.17) is 5.11 Å². The highest BCUT2D eigenvalue weighted by Gasteiger charge is 2.29. The lowest BCUT2D eigenvalue weighted by Crippen LogP contribution is -2.57. The molecule has 4 heteroatoms. The molecule has 0 amide bonds. The van der Waals surface area contributed by atoms with Gasteiger partial charge in [-0.1, -0.05) is 0 Å². The lowest BCUT2D eigenvalue weighted by molar-refractivity contribution is -0.144. The number of nitrogens with one attached hydrogen (secondary N) is 1. The van der Waals surface area contributed by atoms with Crippen LogP contribution >= 0.6 is 0 Å². The molecule has 1 saturated heterocycles. The van der Waals surface area contributed by atoms with E-state index >= 15 is 0 Å². The van der Waals surface area contributed by atoms with Crippen molar-refractivity contribution >= 4 is 5.97 Å². The minimum Gasteiger partial charge on any atom is -0.480 e. The molecule has 1 aliphatic heterocycles. The van der Waals surface area contributed by atoms with Gasteiger partial charge in [0.1, 0.15) is 6.04 Å². The molecule has 0 spiro atoms. The first-order chi connectivity index (χ1) is 5.13. The molecule has 64 valence electrons. The van der Waals surface area contributed by atoms with Crippen molar-refractivity contribution in [3.63, 3.8) is 0 Å². The fraction of sp³-hybridized carbons (Fsp3) is 0.857. The number of hydrogen-bond donors (Lipinski definition) is 2. The van der Waals surface area contributed by atoms with E-state index in [1.54, 1.807) is 0 Å². The molecule has 2 N–H and O–H groups in total. The smallest absolute Gasteiger partial charge is 0.322 e. The number of nitrogens with zero attached hydrogens (tertiary/aromatic N) is 1. The molecule has 1 aliphatic rings. The van der Waals surface area contributed by atoms with Crippen molar-refractivity contribution in [1.29, 1.82) is 0 Å². The number of likely N-dealkylation sites (N-methyl/N-ethyl adjacent to an activating group) is 1. The van der Waals surface area contributed by atoms with Crippen molar-refractivity contribution in [3.8, 4) is 0 Å². The Morgan fingerprint density at radius 2 is 2.27 bits per heavy atom. The Morgan fingerprint density at radius 3 is 2.73 bits per heavy atom. The SMILES string of the molecule is CC1CNCC(C(=O)O)N1C. The maximum atomic E-state index is 10.6. The van der Waals surface area contributed by atoms with Gasteiger partial charge in [-0.15, -0.1) is 0 Å². The Balaban J connectivity index is 2.58. The third kappa shape index (κ3) is 1.70. The summed E-state index contributed by atoms with van der Waals surface area (Å²) in [4.78, 5) is 12.5. The summed E-state index contributed by atoms with van der Waals surface area (Å²) in [5.74, 6) is -0.744. The van der Waals surface area contributed by atoms with Crippen molar-refractivity contribution in [3.05, 3.63) is 0 Å². The Kier molecular flexibility index (Phi) is 2.46. The number of carbonyl (C=O) groups is 1. The molecule has 0 saturated carbocycles. The van der Waals surface area contributed by atoms with Gasteiger partial charge in [0.05, 0.1) is 0 Å². The monoisotopic (exact) mass is 158 g/mol. The summed E-state index contributed by atoms with van der Waals surface area (Å²) in [5.41, 5.74) is 0. The minimum atomic E-state index is -0.744. The topological polar surface area (TPSA) is 52.6 Å². The highest BCUT2D eigenvalue weighted by Crippen LogP contribution is 2.06. The second-order valence-electron chi connectivity index (χ2n) is 3.03. The molecule has 2 unspecified atom stereocenters. The average Bonchev–Trinajstić information content (AvgIpc) is 1.94. The van der Waals surface area contributed by atoms with Crippen LogP contribution in [0.15, 0.2) is 0 Å². The summed E-state index contributed by atoms with van der Waals surface area (Å²) in [5, 5.41) is 11.8. The number of hydrogen-bond acceptors (Lipinski definition) is 3. The molecule has 0 aromatic carbocycles. The van der Waals surface area contributed by atoms with Crippen LogP contribution in [0.1, 0.15) is 6.92 Å². The van der Waals surface area contributed by atoms with E-state index in [-0.39, 0.29) is 6.04 Å². The first-order valence-electron chi connectivity index (χ1n) is 3.78. The second kappa shape index (κ2) is 3.19. The van der Waals surface area contributed by atoms with E-state index in [2.05, 4.69) is 5.32 Å².